The lowest BCUT2D eigenvalue weighted by molar-refractivity contribution is -0.212. The van der Waals surface area contributed by atoms with Gasteiger partial charge in [-0.25, -0.2) is 13.9 Å². The summed E-state index contributed by atoms with van der Waals surface area (Å²) in [5, 5.41) is 33.8. The quantitative estimate of drug-likeness (QED) is 0.423. The van der Waals surface area contributed by atoms with E-state index in [0.717, 1.165) is 18.5 Å². The summed E-state index contributed by atoms with van der Waals surface area (Å²) in [6.45, 7) is 6.24. The van der Waals surface area contributed by atoms with E-state index in [1.807, 2.05) is 26.8 Å². The number of aromatic nitrogens is 4. The van der Waals surface area contributed by atoms with Crippen molar-refractivity contribution in [1.82, 2.24) is 25.1 Å². The van der Waals surface area contributed by atoms with Gasteiger partial charge < -0.3 is 33.8 Å². The zero-order chi connectivity index (χ0) is 30.0. The zero-order valence-corrected chi connectivity index (χ0v) is 24.2. The number of halogens is 1. The number of carbonyl (C=O) groups excluding carboxylic acids is 1. The number of methoxy groups -OCH3 is 1. The van der Waals surface area contributed by atoms with Gasteiger partial charge >= 0.3 is 6.09 Å². The average molecular weight is 588 g/mol. The van der Waals surface area contributed by atoms with Crippen molar-refractivity contribution in [3.63, 3.8) is 0 Å². The van der Waals surface area contributed by atoms with E-state index in [1.54, 1.807) is 23.2 Å². The molecule has 42 heavy (non-hydrogen) atoms. The van der Waals surface area contributed by atoms with Gasteiger partial charge in [-0.2, -0.15) is 0 Å². The molecule has 228 valence electrons. The monoisotopic (exact) mass is 587 g/mol. The van der Waals surface area contributed by atoms with E-state index in [1.165, 1.54) is 23.9 Å². The van der Waals surface area contributed by atoms with Gasteiger partial charge in [0.2, 0.25) is 0 Å². The number of likely N-dealkylation sites (tertiary alicyclic amines) is 1. The smallest absolute Gasteiger partial charge is 0.410 e. The molecule has 0 saturated carbocycles. The van der Waals surface area contributed by atoms with Crippen LogP contribution in [0.1, 0.15) is 57.0 Å². The molecule has 2 N–H and O–H groups in total. The molecule has 0 radical (unpaired) electrons. The molecule has 2 fully saturated rings. The number of rotatable bonds is 7. The Hall–Kier alpha value is -3.39. The Morgan fingerprint density at radius 2 is 1.95 bits per heavy atom. The van der Waals surface area contributed by atoms with Crippen LogP contribution in [0.2, 0.25) is 0 Å². The molecule has 1 amide bonds. The second-order valence-corrected chi connectivity index (χ2v) is 11.8. The highest BCUT2D eigenvalue weighted by atomic mass is 19.1. The maximum Gasteiger partial charge on any atom is 0.410 e. The third kappa shape index (κ3) is 6.64. The molecule has 2 aliphatic rings. The minimum atomic E-state index is -1.15. The summed E-state index contributed by atoms with van der Waals surface area (Å²) in [5.41, 5.74) is 1.22. The molecule has 13 heteroatoms. The van der Waals surface area contributed by atoms with Crippen LogP contribution >= 0.6 is 0 Å². The molecular weight excluding hydrogens is 549 g/mol. The summed E-state index contributed by atoms with van der Waals surface area (Å²) in [6.07, 6.45) is -0.333. The Bertz CT molecular complexity index is 1350. The lowest BCUT2D eigenvalue weighted by atomic mass is 9.90. The SMILES string of the molecule is CO[C@@H]1[C@@H](n2cc(-c3cccc(F)c3)nn2)[C@@H](O)[C@@H](CO)O[C@@H]1Cc1cc(C2CCN(C(=O)OC(C)(C)C)CC2)no1. The molecule has 12 nitrogen and oxygen atoms in total. The maximum absolute atomic E-state index is 13.8. The number of aliphatic hydroxyl groups is 2. The minimum absolute atomic E-state index is 0.128. The first-order chi connectivity index (χ1) is 20.1. The molecule has 0 spiro atoms. The second kappa shape index (κ2) is 12.5. The van der Waals surface area contributed by atoms with E-state index in [-0.39, 0.29) is 18.4 Å². The van der Waals surface area contributed by atoms with Gasteiger partial charge in [0.15, 0.2) is 0 Å². The molecule has 5 rings (SSSR count). The second-order valence-electron chi connectivity index (χ2n) is 11.8. The molecule has 1 aromatic carbocycles. The van der Waals surface area contributed by atoms with Crippen LogP contribution in [0.25, 0.3) is 11.3 Å². The van der Waals surface area contributed by atoms with Crippen LogP contribution in [0.4, 0.5) is 9.18 Å². The highest BCUT2D eigenvalue weighted by molar-refractivity contribution is 5.68. The molecule has 5 atom stereocenters. The summed E-state index contributed by atoms with van der Waals surface area (Å²) < 4.78 is 38.3. The summed E-state index contributed by atoms with van der Waals surface area (Å²) in [5.74, 6) is 0.295. The number of hydrogen-bond donors (Lipinski definition) is 2. The molecule has 4 heterocycles. The van der Waals surface area contributed by atoms with Crippen LogP contribution in [0, 0.1) is 5.82 Å². The van der Waals surface area contributed by atoms with Crippen molar-refractivity contribution in [2.75, 3.05) is 26.8 Å². The fourth-order valence-corrected chi connectivity index (χ4v) is 5.63. The van der Waals surface area contributed by atoms with Crippen LogP contribution in [0.5, 0.6) is 0 Å². The van der Waals surface area contributed by atoms with Crippen molar-refractivity contribution in [3.8, 4) is 11.3 Å². The third-order valence-electron chi connectivity index (χ3n) is 7.72. The van der Waals surface area contributed by atoms with Crippen molar-refractivity contribution in [3.05, 3.63) is 53.8 Å². The van der Waals surface area contributed by atoms with Crippen LogP contribution in [0.15, 0.2) is 41.1 Å². The van der Waals surface area contributed by atoms with E-state index in [4.69, 9.17) is 18.7 Å². The van der Waals surface area contributed by atoms with Crippen molar-refractivity contribution >= 4 is 6.09 Å². The van der Waals surface area contributed by atoms with E-state index < -0.39 is 48.5 Å². The summed E-state index contributed by atoms with van der Waals surface area (Å²) in [7, 11) is 1.51. The zero-order valence-electron chi connectivity index (χ0n) is 24.2. The predicted molar refractivity (Wildman–Crippen MR) is 147 cm³/mol. The van der Waals surface area contributed by atoms with Gasteiger partial charge in [0.25, 0.3) is 0 Å². The van der Waals surface area contributed by atoms with Gasteiger partial charge in [-0.1, -0.05) is 22.5 Å². The lowest BCUT2D eigenvalue weighted by Gasteiger charge is -2.43. The number of aliphatic hydroxyl groups excluding tert-OH is 2. The van der Waals surface area contributed by atoms with Crippen molar-refractivity contribution < 1.29 is 38.1 Å². The predicted octanol–water partition coefficient (Wildman–Crippen LogP) is 3.11. The summed E-state index contributed by atoms with van der Waals surface area (Å²) in [6, 6.07) is 7.13. The fourth-order valence-electron chi connectivity index (χ4n) is 5.63. The van der Waals surface area contributed by atoms with Crippen molar-refractivity contribution in [2.24, 2.45) is 0 Å². The van der Waals surface area contributed by atoms with Gasteiger partial charge in [0.05, 0.1) is 24.6 Å². The van der Waals surface area contributed by atoms with Crippen LogP contribution < -0.4 is 0 Å². The first kappa shape index (κ1) is 30.1. The van der Waals surface area contributed by atoms with Gasteiger partial charge in [-0.05, 0) is 45.7 Å². The van der Waals surface area contributed by atoms with Gasteiger partial charge in [-0.3, -0.25) is 0 Å². The minimum Gasteiger partial charge on any atom is -0.444 e. The Kier molecular flexibility index (Phi) is 8.92. The van der Waals surface area contributed by atoms with E-state index in [9.17, 15) is 19.4 Å². The number of nitrogens with zero attached hydrogens (tertiary/aromatic N) is 5. The molecule has 2 saturated heterocycles. The number of benzene rings is 1. The maximum atomic E-state index is 13.8. The third-order valence-corrected chi connectivity index (χ3v) is 7.72. The Morgan fingerprint density at radius 3 is 2.62 bits per heavy atom. The van der Waals surface area contributed by atoms with Crippen LogP contribution in [-0.4, -0.2) is 98.2 Å². The molecule has 0 bridgehead atoms. The molecule has 0 unspecified atom stereocenters. The Balaban J connectivity index is 1.28. The number of ether oxygens (including phenoxy) is 3. The Labute approximate surface area is 243 Å². The Morgan fingerprint density at radius 1 is 1.19 bits per heavy atom. The number of hydrogen-bond acceptors (Lipinski definition) is 10. The fraction of sp³-hybridized carbons (Fsp3) is 0.586. The first-order valence-corrected chi connectivity index (χ1v) is 14.1. The standard InChI is InChI=1S/C29H38FN5O7/c1-29(2,3)41-28(38)34-10-8-17(9-11-34)21-13-20(42-32-21)14-23-27(39-4)25(26(37)24(16-36)40-23)35-15-22(31-33-35)18-6-5-7-19(30)12-18/h5-7,12-13,15,17,23-27,36-37H,8-11,14,16H2,1-4H3/t23-,24-,25+,26+,27+/m1/s1. The topological polar surface area (TPSA) is 145 Å². The lowest BCUT2D eigenvalue weighted by Crippen LogP contribution is -2.57. The van der Waals surface area contributed by atoms with Gasteiger partial charge in [0, 0.05) is 44.2 Å². The average Bonchev–Trinajstić information content (AvgIpc) is 3.63. The van der Waals surface area contributed by atoms with E-state index in [0.29, 0.717) is 30.1 Å². The number of piperidine rings is 1. The highest BCUT2D eigenvalue weighted by Crippen LogP contribution is 2.35. The number of amides is 1. The van der Waals surface area contributed by atoms with Gasteiger partial charge in [-0.15, -0.1) is 5.10 Å². The van der Waals surface area contributed by atoms with Gasteiger partial charge in [0.1, 0.15) is 47.2 Å². The number of carbonyl (C=O) groups is 1. The largest absolute Gasteiger partial charge is 0.444 e. The molecule has 0 aliphatic carbocycles. The molecule has 2 aliphatic heterocycles. The van der Waals surface area contributed by atoms with Crippen molar-refractivity contribution in [2.45, 2.75) is 82.0 Å². The van der Waals surface area contributed by atoms with Crippen molar-refractivity contribution in [1.29, 1.82) is 0 Å². The van der Waals surface area contributed by atoms with Crippen LogP contribution in [0.3, 0.4) is 0 Å². The van der Waals surface area contributed by atoms with E-state index >= 15 is 0 Å². The van der Waals surface area contributed by atoms with Crippen LogP contribution in [-0.2, 0) is 20.6 Å². The normalized spacial score (nSPS) is 25.5. The summed E-state index contributed by atoms with van der Waals surface area (Å²) >= 11 is 0. The van der Waals surface area contributed by atoms with E-state index in [2.05, 4.69) is 15.5 Å². The molecular formula is C29H38FN5O7. The highest BCUT2D eigenvalue weighted by Gasteiger charge is 2.47. The summed E-state index contributed by atoms with van der Waals surface area (Å²) in [4.78, 5) is 14.1. The first-order valence-electron chi connectivity index (χ1n) is 14.1. The molecule has 3 aromatic rings. The molecule has 2 aromatic heterocycles.